The summed E-state index contributed by atoms with van der Waals surface area (Å²) >= 11 is 0. The van der Waals surface area contributed by atoms with Crippen LogP contribution in [-0.4, -0.2) is 54.7 Å². The first-order valence-corrected chi connectivity index (χ1v) is 12.5. The van der Waals surface area contributed by atoms with Crippen LogP contribution >= 0.6 is 0 Å². The average molecular weight is 484 g/mol. The summed E-state index contributed by atoms with van der Waals surface area (Å²) in [6.45, 7) is 1.78. The molecule has 2 atom stereocenters. The van der Waals surface area contributed by atoms with Crippen LogP contribution in [0, 0.1) is 0 Å². The van der Waals surface area contributed by atoms with Crippen molar-refractivity contribution in [3.8, 4) is 16.9 Å². The molecule has 1 aliphatic carbocycles. The molecule has 2 bridgehead atoms. The molecule has 3 aliphatic rings. The second-order valence-corrected chi connectivity index (χ2v) is 9.75. The van der Waals surface area contributed by atoms with Gasteiger partial charge in [0.2, 0.25) is 5.91 Å². The number of ether oxygens (including phenoxy) is 2. The fourth-order valence-electron chi connectivity index (χ4n) is 4.86. The minimum absolute atomic E-state index is 0.114. The summed E-state index contributed by atoms with van der Waals surface area (Å²) < 4.78 is 11.6. The number of carbonyl (C=O) groups excluding carboxylic acids is 2. The number of rotatable bonds is 8. The Bertz CT molecular complexity index is 1260. The number of fused-ring (bicyclic) bond motifs is 2. The van der Waals surface area contributed by atoms with Crippen LogP contribution in [0.25, 0.3) is 11.1 Å². The normalized spacial score (nSPS) is 20.8. The van der Waals surface area contributed by atoms with E-state index < -0.39 is 0 Å². The number of morpholine rings is 1. The molecule has 7 nitrogen and oxygen atoms in total. The quantitative estimate of drug-likeness (QED) is 0.491. The zero-order valence-electron chi connectivity index (χ0n) is 20.0. The van der Waals surface area contributed by atoms with E-state index in [9.17, 15) is 9.59 Å². The Hall–Kier alpha value is -3.68. The summed E-state index contributed by atoms with van der Waals surface area (Å²) in [6.07, 6.45) is 3.42. The highest BCUT2D eigenvalue weighted by atomic mass is 16.5. The van der Waals surface area contributed by atoms with Crippen LogP contribution in [0.2, 0.25) is 0 Å². The number of amides is 2. The molecule has 0 radical (unpaired) electrons. The van der Waals surface area contributed by atoms with Gasteiger partial charge >= 0.3 is 0 Å². The van der Waals surface area contributed by atoms with Gasteiger partial charge in [0.1, 0.15) is 5.75 Å². The summed E-state index contributed by atoms with van der Waals surface area (Å²) in [5.74, 6) is 0.239. The first-order chi connectivity index (χ1) is 17.6. The van der Waals surface area contributed by atoms with E-state index >= 15 is 0 Å². The number of nitrogens with zero attached hydrogens (tertiary/aromatic N) is 1. The van der Waals surface area contributed by atoms with Gasteiger partial charge in [-0.2, -0.15) is 0 Å². The van der Waals surface area contributed by atoms with Crippen molar-refractivity contribution >= 4 is 23.2 Å². The third-order valence-corrected chi connectivity index (χ3v) is 6.94. The Morgan fingerprint density at radius 2 is 1.72 bits per heavy atom. The second-order valence-electron chi connectivity index (χ2n) is 9.75. The zero-order valence-corrected chi connectivity index (χ0v) is 20.0. The number of benzene rings is 3. The van der Waals surface area contributed by atoms with Gasteiger partial charge in [0.25, 0.3) is 5.91 Å². The summed E-state index contributed by atoms with van der Waals surface area (Å²) in [5, 5.41) is 5.94. The van der Waals surface area contributed by atoms with Gasteiger partial charge in [-0.25, -0.2) is 0 Å². The SMILES string of the molecule is O=C(CN1C[C@@H]2C[C@H]1CO2)Nc1cc(C(=O)Nc2ccc(-c3ccccc3)cc2)ccc1OC1CC1. The molecule has 36 heavy (non-hydrogen) atoms. The van der Waals surface area contributed by atoms with Gasteiger partial charge in [0.05, 0.1) is 31.0 Å². The predicted octanol–water partition coefficient (Wildman–Crippen LogP) is 4.56. The van der Waals surface area contributed by atoms with Gasteiger partial charge in [0, 0.05) is 23.8 Å². The van der Waals surface area contributed by atoms with E-state index in [0.29, 0.717) is 41.9 Å². The Balaban J connectivity index is 1.14. The summed E-state index contributed by atoms with van der Waals surface area (Å²) in [4.78, 5) is 28.1. The third kappa shape index (κ3) is 5.12. The van der Waals surface area contributed by atoms with Gasteiger partial charge in [0.15, 0.2) is 0 Å². The number of anilines is 2. The lowest BCUT2D eigenvalue weighted by Gasteiger charge is -2.26. The fraction of sp³-hybridized carbons (Fsp3) is 0.310. The van der Waals surface area contributed by atoms with Gasteiger partial charge in [-0.1, -0.05) is 42.5 Å². The van der Waals surface area contributed by atoms with Gasteiger partial charge in [-0.05, 0) is 60.7 Å². The number of carbonyl (C=O) groups is 2. The summed E-state index contributed by atoms with van der Waals surface area (Å²) in [6, 6.07) is 23.4. The minimum atomic E-state index is -0.245. The standard InChI is InChI=1S/C29H29N3O4/c33-28(17-32-16-25-15-23(32)18-35-25)31-26-14-21(8-13-27(26)36-24-11-12-24)29(34)30-22-9-6-20(7-10-22)19-4-2-1-3-5-19/h1-10,13-14,23-25H,11-12,15-18H2,(H,30,34)(H,31,33)/t23-,25-/m0/s1. The van der Waals surface area contributed by atoms with Crippen LogP contribution < -0.4 is 15.4 Å². The topological polar surface area (TPSA) is 79.9 Å². The van der Waals surface area contributed by atoms with E-state index in [1.165, 1.54) is 0 Å². The minimum Gasteiger partial charge on any atom is -0.488 e. The molecule has 2 N–H and O–H groups in total. The molecule has 2 aliphatic heterocycles. The molecule has 6 rings (SSSR count). The molecule has 7 heteroatoms. The van der Waals surface area contributed by atoms with Crippen molar-refractivity contribution in [2.24, 2.45) is 0 Å². The number of hydrogen-bond acceptors (Lipinski definition) is 5. The molecule has 1 saturated carbocycles. The van der Waals surface area contributed by atoms with E-state index in [2.05, 4.69) is 27.7 Å². The highest BCUT2D eigenvalue weighted by Crippen LogP contribution is 2.34. The maximum atomic E-state index is 13.0. The molecule has 3 aromatic rings. The van der Waals surface area contributed by atoms with Gasteiger partial charge in [-0.3, -0.25) is 14.5 Å². The van der Waals surface area contributed by atoms with E-state index in [4.69, 9.17) is 9.47 Å². The van der Waals surface area contributed by atoms with Crippen molar-refractivity contribution in [2.45, 2.75) is 37.5 Å². The molecular formula is C29H29N3O4. The van der Waals surface area contributed by atoms with Crippen LogP contribution in [-0.2, 0) is 9.53 Å². The number of likely N-dealkylation sites (tertiary alicyclic amines) is 1. The Morgan fingerprint density at radius 1 is 0.944 bits per heavy atom. The molecule has 0 aromatic heterocycles. The van der Waals surface area contributed by atoms with E-state index in [0.717, 1.165) is 36.9 Å². The smallest absolute Gasteiger partial charge is 0.255 e. The second kappa shape index (κ2) is 9.76. The summed E-state index contributed by atoms with van der Waals surface area (Å²) in [7, 11) is 0. The molecule has 2 amide bonds. The van der Waals surface area contributed by atoms with Crippen LogP contribution in [0.4, 0.5) is 11.4 Å². The maximum absolute atomic E-state index is 13.0. The Labute approximate surface area is 210 Å². The lowest BCUT2D eigenvalue weighted by molar-refractivity contribution is -0.118. The van der Waals surface area contributed by atoms with Crippen molar-refractivity contribution in [1.82, 2.24) is 4.90 Å². The average Bonchev–Trinajstić information content (AvgIpc) is 3.47. The summed E-state index contributed by atoms with van der Waals surface area (Å²) in [5.41, 5.74) is 3.89. The third-order valence-electron chi connectivity index (χ3n) is 6.94. The molecule has 3 aromatic carbocycles. The van der Waals surface area contributed by atoms with Crippen LogP contribution in [0.5, 0.6) is 5.75 Å². The van der Waals surface area contributed by atoms with Crippen molar-refractivity contribution < 1.29 is 19.1 Å². The van der Waals surface area contributed by atoms with Gasteiger partial charge < -0.3 is 20.1 Å². The van der Waals surface area contributed by atoms with Crippen LogP contribution in [0.1, 0.15) is 29.6 Å². The molecule has 2 saturated heterocycles. The predicted molar refractivity (Wildman–Crippen MR) is 138 cm³/mol. The lowest BCUT2D eigenvalue weighted by Crippen LogP contribution is -2.41. The monoisotopic (exact) mass is 483 g/mol. The Morgan fingerprint density at radius 3 is 2.42 bits per heavy atom. The first-order valence-electron chi connectivity index (χ1n) is 12.5. The number of nitrogens with one attached hydrogen (secondary N) is 2. The van der Waals surface area contributed by atoms with Crippen molar-refractivity contribution in [3.05, 3.63) is 78.4 Å². The molecule has 0 unspecified atom stereocenters. The first kappa shape index (κ1) is 22.8. The maximum Gasteiger partial charge on any atom is 0.255 e. The van der Waals surface area contributed by atoms with Crippen LogP contribution in [0.15, 0.2) is 72.8 Å². The van der Waals surface area contributed by atoms with Crippen LogP contribution in [0.3, 0.4) is 0 Å². The Kier molecular flexibility index (Phi) is 6.17. The number of hydrogen-bond donors (Lipinski definition) is 2. The van der Waals surface area contributed by atoms with E-state index in [-0.39, 0.29) is 24.0 Å². The van der Waals surface area contributed by atoms with Gasteiger partial charge in [-0.15, -0.1) is 0 Å². The van der Waals surface area contributed by atoms with Crippen molar-refractivity contribution in [2.75, 3.05) is 30.3 Å². The van der Waals surface area contributed by atoms with Crippen molar-refractivity contribution in [3.63, 3.8) is 0 Å². The molecule has 3 fully saturated rings. The lowest BCUT2D eigenvalue weighted by atomic mass is 10.1. The largest absolute Gasteiger partial charge is 0.488 e. The van der Waals surface area contributed by atoms with E-state index in [1.807, 2.05) is 42.5 Å². The highest BCUT2D eigenvalue weighted by molar-refractivity contribution is 6.06. The van der Waals surface area contributed by atoms with Crippen molar-refractivity contribution in [1.29, 1.82) is 0 Å². The molecular weight excluding hydrogens is 454 g/mol. The zero-order chi connectivity index (χ0) is 24.5. The van der Waals surface area contributed by atoms with E-state index in [1.54, 1.807) is 18.2 Å². The fourth-order valence-corrected chi connectivity index (χ4v) is 4.86. The molecule has 2 heterocycles. The molecule has 184 valence electrons. The molecule has 0 spiro atoms. The highest BCUT2D eigenvalue weighted by Gasteiger charge is 2.39.